The second-order valence-corrected chi connectivity index (χ2v) is 7.80. The first-order valence-electron chi connectivity index (χ1n) is 8.18. The van der Waals surface area contributed by atoms with Crippen molar-refractivity contribution in [3.8, 4) is 0 Å². The van der Waals surface area contributed by atoms with Crippen LogP contribution in [0.25, 0.3) is 0 Å². The molecule has 8 heteroatoms. The fraction of sp³-hybridized carbons (Fsp3) is 0.105. The van der Waals surface area contributed by atoms with Crippen LogP contribution in [0.3, 0.4) is 0 Å². The van der Waals surface area contributed by atoms with Gasteiger partial charge in [-0.3, -0.25) is 9.97 Å². The predicted molar refractivity (Wildman–Crippen MR) is 102 cm³/mol. The number of aromatic nitrogens is 2. The molecule has 2 aromatic heterocycles. The third-order valence-electron chi connectivity index (χ3n) is 3.73. The van der Waals surface area contributed by atoms with Gasteiger partial charge in [0.05, 0.1) is 10.6 Å². The molecule has 0 atom stereocenters. The Morgan fingerprint density at radius 2 is 1.52 bits per heavy atom. The molecule has 2 amide bonds. The minimum atomic E-state index is -3.48. The Bertz CT molecular complexity index is 992. The van der Waals surface area contributed by atoms with Gasteiger partial charge in [0, 0.05) is 37.0 Å². The third kappa shape index (κ3) is 5.35. The van der Waals surface area contributed by atoms with Crippen LogP contribution in [0.5, 0.6) is 0 Å². The smallest absolute Gasteiger partial charge is 0.319 e. The summed E-state index contributed by atoms with van der Waals surface area (Å²) in [6, 6.07) is 12.7. The highest BCUT2D eigenvalue weighted by Gasteiger charge is 2.15. The van der Waals surface area contributed by atoms with Crippen molar-refractivity contribution < 1.29 is 13.2 Å². The third-order valence-corrected chi connectivity index (χ3v) is 5.43. The van der Waals surface area contributed by atoms with Crippen molar-refractivity contribution in [2.75, 3.05) is 5.32 Å². The number of sulfone groups is 1. The lowest BCUT2D eigenvalue weighted by Gasteiger charge is -2.09. The van der Waals surface area contributed by atoms with Crippen molar-refractivity contribution in [2.45, 2.75) is 17.2 Å². The average Bonchev–Trinajstić information content (AvgIpc) is 2.68. The van der Waals surface area contributed by atoms with Gasteiger partial charge in [-0.1, -0.05) is 12.1 Å². The summed E-state index contributed by atoms with van der Waals surface area (Å²) in [6.07, 6.45) is 6.45. The van der Waals surface area contributed by atoms with Gasteiger partial charge in [0.2, 0.25) is 0 Å². The molecule has 2 N–H and O–H groups in total. The normalized spacial score (nSPS) is 11.0. The van der Waals surface area contributed by atoms with Crippen LogP contribution < -0.4 is 10.6 Å². The molecule has 1 aromatic carbocycles. The number of rotatable bonds is 6. The number of hydrogen-bond donors (Lipinski definition) is 2. The largest absolute Gasteiger partial charge is 0.334 e. The second-order valence-electron chi connectivity index (χ2n) is 5.81. The molecule has 0 bridgehead atoms. The Morgan fingerprint density at radius 1 is 0.889 bits per heavy atom. The fourth-order valence-electron chi connectivity index (χ4n) is 2.39. The molecule has 0 spiro atoms. The highest BCUT2D eigenvalue weighted by molar-refractivity contribution is 7.90. The number of benzene rings is 1. The van der Waals surface area contributed by atoms with Gasteiger partial charge in [-0.2, -0.15) is 0 Å². The molecular weight excluding hydrogens is 364 g/mol. The summed E-state index contributed by atoms with van der Waals surface area (Å²) in [5, 5.41) is 5.37. The van der Waals surface area contributed by atoms with Crippen molar-refractivity contribution in [1.82, 2.24) is 15.3 Å². The molecule has 0 saturated carbocycles. The molecule has 0 aliphatic heterocycles. The number of amides is 2. The summed E-state index contributed by atoms with van der Waals surface area (Å²) in [7, 11) is -3.48. The van der Waals surface area contributed by atoms with Crippen LogP contribution in [0.1, 0.15) is 11.1 Å². The molecule has 0 aliphatic rings. The summed E-state index contributed by atoms with van der Waals surface area (Å²) in [6.45, 7) is 0.344. The minimum absolute atomic E-state index is 0.126. The summed E-state index contributed by atoms with van der Waals surface area (Å²) >= 11 is 0. The molecular formula is C19H18N4O3S. The zero-order valence-corrected chi connectivity index (χ0v) is 15.2. The SMILES string of the molecule is O=C(NCc1cccnc1)Nc1ccc(S(=O)(=O)Cc2cccnc2)cc1. The maximum absolute atomic E-state index is 12.5. The second kappa shape index (κ2) is 8.41. The number of carbonyl (C=O) groups excluding carboxylic acids is 1. The number of hydrogen-bond acceptors (Lipinski definition) is 5. The Hall–Kier alpha value is -3.26. The van der Waals surface area contributed by atoms with E-state index in [1.807, 2.05) is 6.07 Å². The number of urea groups is 1. The van der Waals surface area contributed by atoms with E-state index in [-0.39, 0.29) is 16.7 Å². The fourth-order valence-corrected chi connectivity index (χ4v) is 3.72. The van der Waals surface area contributed by atoms with E-state index < -0.39 is 9.84 Å². The van der Waals surface area contributed by atoms with Gasteiger partial charge in [-0.25, -0.2) is 13.2 Å². The van der Waals surface area contributed by atoms with Gasteiger partial charge >= 0.3 is 6.03 Å². The van der Waals surface area contributed by atoms with Crippen molar-refractivity contribution in [3.05, 3.63) is 84.4 Å². The average molecular weight is 382 g/mol. The molecule has 0 aliphatic carbocycles. The van der Waals surface area contributed by atoms with Crippen LogP contribution in [0, 0.1) is 0 Å². The number of nitrogens with one attached hydrogen (secondary N) is 2. The number of pyridine rings is 2. The van der Waals surface area contributed by atoms with Gasteiger partial charge in [0.25, 0.3) is 0 Å². The first-order chi connectivity index (χ1) is 13.0. The van der Waals surface area contributed by atoms with Crippen LogP contribution >= 0.6 is 0 Å². The zero-order valence-electron chi connectivity index (χ0n) is 14.4. The highest BCUT2D eigenvalue weighted by atomic mass is 32.2. The Balaban J connectivity index is 1.59. The molecule has 7 nitrogen and oxygen atoms in total. The van der Waals surface area contributed by atoms with E-state index in [9.17, 15) is 13.2 Å². The van der Waals surface area contributed by atoms with Crippen LogP contribution in [0.2, 0.25) is 0 Å². The molecule has 3 rings (SSSR count). The Kier molecular flexibility index (Phi) is 5.77. The van der Waals surface area contributed by atoms with Crippen molar-refractivity contribution in [3.63, 3.8) is 0 Å². The van der Waals surface area contributed by atoms with Crippen LogP contribution in [0.4, 0.5) is 10.5 Å². The molecule has 0 fully saturated rings. The van der Waals surface area contributed by atoms with Gasteiger partial charge in [0.1, 0.15) is 0 Å². The van der Waals surface area contributed by atoms with Gasteiger partial charge in [-0.05, 0) is 47.5 Å². The highest BCUT2D eigenvalue weighted by Crippen LogP contribution is 2.18. The molecule has 0 radical (unpaired) electrons. The Labute approximate surface area is 157 Å². The lowest BCUT2D eigenvalue weighted by atomic mass is 10.3. The molecule has 138 valence electrons. The van der Waals surface area contributed by atoms with E-state index in [0.29, 0.717) is 17.8 Å². The molecule has 2 heterocycles. The standard InChI is InChI=1S/C19H18N4O3S/c24-19(22-13-15-3-1-9-20-11-15)23-17-5-7-18(8-6-17)27(25,26)14-16-4-2-10-21-12-16/h1-12H,13-14H2,(H2,22,23,24). The van der Waals surface area contributed by atoms with E-state index in [1.165, 1.54) is 18.3 Å². The summed E-state index contributed by atoms with van der Waals surface area (Å²) in [5.41, 5.74) is 2.00. The van der Waals surface area contributed by atoms with E-state index in [1.54, 1.807) is 48.9 Å². The molecule has 3 aromatic rings. The van der Waals surface area contributed by atoms with Crippen molar-refractivity contribution >= 4 is 21.6 Å². The van der Waals surface area contributed by atoms with Crippen LogP contribution in [-0.4, -0.2) is 24.4 Å². The maximum atomic E-state index is 12.5. The molecule has 0 unspecified atom stereocenters. The first kappa shape index (κ1) is 18.5. The van der Waals surface area contributed by atoms with E-state index >= 15 is 0 Å². The van der Waals surface area contributed by atoms with Gasteiger partial charge in [0.15, 0.2) is 9.84 Å². The molecule has 27 heavy (non-hydrogen) atoms. The predicted octanol–water partition coefficient (Wildman–Crippen LogP) is 2.77. The number of carbonyl (C=O) groups is 1. The maximum Gasteiger partial charge on any atom is 0.319 e. The van der Waals surface area contributed by atoms with Crippen molar-refractivity contribution in [2.24, 2.45) is 0 Å². The zero-order chi connectivity index (χ0) is 19.1. The lowest BCUT2D eigenvalue weighted by molar-refractivity contribution is 0.251. The van der Waals surface area contributed by atoms with E-state index in [4.69, 9.17) is 0 Å². The first-order valence-corrected chi connectivity index (χ1v) is 9.84. The lowest BCUT2D eigenvalue weighted by Crippen LogP contribution is -2.28. The van der Waals surface area contributed by atoms with Gasteiger partial charge in [-0.15, -0.1) is 0 Å². The Morgan fingerprint density at radius 3 is 2.11 bits per heavy atom. The summed E-state index contributed by atoms with van der Waals surface area (Å²) < 4.78 is 24.9. The summed E-state index contributed by atoms with van der Waals surface area (Å²) in [5.74, 6) is -0.126. The van der Waals surface area contributed by atoms with E-state index in [0.717, 1.165) is 5.56 Å². The number of nitrogens with zero attached hydrogens (tertiary/aromatic N) is 2. The van der Waals surface area contributed by atoms with E-state index in [2.05, 4.69) is 20.6 Å². The monoisotopic (exact) mass is 382 g/mol. The number of anilines is 1. The molecule has 0 saturated heterocycles. The quantitative estimate of drug-likeness (QED) is 0.683. The topological polar surface area (TPSA) is 101 Å². The van der Waals surface area contributed by atoms with Crippen molar-refractivity contribution in [1.29, 1.82) is 0 Å². The minimum Gasteiger partial charge on any atom is -0.334 e. The summed E-state index contributed by atoms with van der Waals surface area (Å²) in [4.78, 5) is 20.0. The van der Waals surface area contributed by atoms with Gasteiger partial charge < -0.3 is 10.6 Å². The van der Waals surface area contributed by atoms with Crippen LogP contribution in [0.15, 0.2) is 78.2 Å². The van der Waals surface area contributed by atoms with Crippen LogP contribution in [-0.2, 0) is 22.1 Å².